The van der Waals surface area contributed by atoms with Crippen molar-refractivity contribution in [2.24, 2.45) is 5.73 Å². The molecule has 6 heteroatoms. The van der Waals surface area contributed by atoms with Gasteiger partial charge in [0.15, 0.2) is 0 Å². The summed E-state index contributed by atoms with van der Waals surface area (Å²) < 4.78 is 22.1. The number of rotatable bonds is 7. The van der Waals surface area contributed by atoms with E-state index in [4.69, 9.17) is 17.3 Å². The van der Waals surface area contributed by atoms with Crippen LogP contribution in [0.2, 0.25) is 5.02 Å². The molecule has 1 aromatic rings. The van der Waals surface area contributed by atoms with Gasteiger partial charge in [-0.15, -0.1) is 11.8 Å². The third-order valence-electron chi connectivity index (χ3n) is 2.73. The van der Waals surface area contributed by atoms with Crippen molar-refractivity contribution >= 4 is 33.2 Å². The summed E-state index contributed by atoms with van der Waals surface area (Å²) in [4.78, 5) is 0.916. The smallest absolute Gasteiger partial charge is 0.148 e. The zero-order valence-electron chi connectivity index (χ0n) is 11.2. The molecule has 0 heterocycles. The Balaban J connectivity index is 2.62. The summed E-state index contributed by atoms with van der Waals surface area (Å²) in [6, 6.07) is 6.01. The largest absolute Gasteiger partial charge is 0.327 e. The Morgan fingerprint density at radius 3 is 2.63 bits per heavy atom. The Morgan fingerprint density at radius 1 is 1.42 bits per heavy atom. The predicted molar refractivity (Wildman–Crippen MR) is 83.9 cm³/mol. The van der Waals surface area contributed by atoms with E-state index in [0.29, 0.717) is 10.8 Å². The van der Waals surface area contributed by atoms with Crippen LogP contribution in [-0.2, 0) is 16.3 Å². The number of nitrogens with two attached hydrogens (primary N) is 1. The number of hydrogen-bond donors (Lipinski definition) is 1. The molecule has 0 fully saturated rings. The van der Waals surface area contributed by atoms with E-state index in [-0.39, 0.29) is 11.8 Å². The second kappa shape index (κ2) is 7.53. The van der Waals surface area contributed by atoms with Gasteiger partial charge in [-0.1, -0.05) is 24.6 Å². The van der Waals surface area contributed by atoms with Gasteiger partial charge in [-0.2, -0.15) is 0 Å². The molecule has 0 bridgehead atoms. The maximum absolute atomic E-state index is 11.1. The fourth-order valence-electron chi connectivity index (χ4n) is 1.54. The van der Waals surface area contributed by atoms with Gasteiger partial charge in [0.1, 0.15) is 9.84 Å². The lowest BCUT2D eigenvalue weighted by atomic mass is 10.1. The molecule has 1 atom stereocenters. The molecule has 1 unspecified atom stereocenters. The molecule has 108 valence electrons. The maximum Gasteiger partial charge on any atom is 0.148 e. The van der Waals surface area contributed by atoms with E-state index in [1.807, 2.05) is 18.2 Å². The number of halogens is 1. The number of thioether (sulfide) groups is 1. The van der Waals surface area contributed by atoms with Crippen molar-refractivity contribution in [3.05, 3.63) is 28.8 Å². The minimum absolute atomic E-state index is 0.153. The highest BCUT2D eigenvalue weighted by molar-refractivity contribution is 8.00. The molecule has 19 heavy (non-hydrogen) atoms. The Bertz CT molecular complexity index is 517. The lowest BCUT2D eigenvalue weighted by molar-refractivity contribution is 0.603. The van der Waals surface area contributed by atoms with Gasteiger partial charge in [0.2, 0.25) is 0 Å². The van der Waals surface area contributed by atoms with Gasteiger partial charge >= 0.3 is 0 Å². The monoisotopic (exact) mass is 321 g/mol. The van der Waals surface area contributed by atoms with Crippen LogP contribution in [0, 0.1) is 0 Å². The SMILES string of the molecule is CCC(N)Cc1ccc(SCCS(C)(=O)=O)c(Cl)c1. The van der Waals surface area contributed by atoms with E-state index >= 15 is 0 Å². The first-order chi connectivity index (χ1) is 8.81. The van der Waals surface area contributed by atoms with Crippen molar-refractivity contribution in [3.8, 4) is 0 Å². The Morgan fingerprint density at radius 2 is 2.11 bits per heavy atom. The summed E-state index contributed by atoms with van der Waals surface area (Å²) in [6.45, 7) is 2.06. The van der Waals surface area contributed by atoms with Crippen molar-refractivity contribution in [3.63, 3.8) is 0 Å². The quantitative estimate of drug-likeness (QED) is 0.784. The summed E-state index contributed by atoms with van der Waals surface area (Å²) in [6.07, 6.45) is 2.98. The van der Waals surface area contributed by atoms with Crippen LogP contribution < -0.4 is 5.73 Å². The summed E-state index contributed by atoms with van der Waals surface area (Å²) in [7, 11) is -2.92. The van der Waals surface area contributed by atoms with Gasteiger partial charge in [-0.05, 0) is 30.5 Å². The maximum atomic E-state index is 11.1. The van der Waals surface area contributed by atoms with Crippen LogP contribution in [0.1, 0.15) is 18.9 Å². The van der Waals surface area contributed by atoms with E-state index in [1.54, 1.807) is 0 Å². The zero-order chi connectivity index (χ0) is 14.5. The van der Waals surface area contributed by atoms with E-state index in [0.717, 1.165) is 23.3 Å². The molecule has 0 saturated heterocycles. The third-order valence-corrected chi connectivity index (χ3v) is 5.43. The van der Waals surface area contributed by atoms with Gasteiger partial charge in [0, 0.05) is 22.9 Å². The summed E-state index contributed by atoms with van der Waals surface area (Å²) in [5, 5.41) is 0.666. The van der Waals surface area contributed by atoms with Crippen LogP contribution in [0.15, 0.2) is 23.1 Å². The summed E-state index contributed by atoms with van der Waals surface area (Å²) >= 11 is 7.66. The van der Waals surface area contributed by atoms with Crippen molar-refractivity contribution in [2.75, 3.05) is 17.8 Å². The fourth-order valence-corrected chi connectivity index (χ4v) is 4.03. The molecule has 0 aliphatic carbocycles. The average molecular weight is 322 g/mol. The average Bonchev–Trinajstić information content (AvgIpc) is 2.30. The molecule has 0 aliphatic heterocycles. The van der Waals surface area contributed by atoms with E-state index in [2.05, 4.69) is 6.92 Å². The standard InChI is InChI=1S/C13H20ClNO2S2/c1-3-11(15)8-10-4-5-13(12(14)9-10)18-6-7-19(2,16)17/h4-5,9,11H,3,6-8,15H2,1-2H3. The summed E-state index contributed by atoms with van der Waals surface area (Å²) in [5.74, 6) is 0.683. The molecule has 0 spiro atoms. The second-order valence-corrected chi connectivity index (χ2v) is 8.42. The van der Waals surface area contributed by atoms with E-state index < -0.39 is 9.84 Å². The van der Waals surface area contributed by atoms with Crippen LogP contribution in [0.25, 0.3) is 0 Å². The number of hydrogen-bond acceptors (Lipinski definition) is 4. The van der Waals surface area contributed by atoms with Crippen molar-refractivity contribution < 1.29 is 8.42 Å². The predicted octanol–water partition coefficient (Wildman–Crippen LogP) is 2.76. The van der Waals surface area contributed by atoms with E-state index in [1.165, 1.54) is 18.0 Å². The topological polar surface area (TPSA) is 60.2 Å². The second-order valence-electron chi connectivity index (χ2n) is 4.62. The number of sulfone groups is 1. The zero-order valence-corrected chi connectivity index (χ0v) is 13.6. The highest BCUT2D eigenvalue weighted by atomic mass is 35.5. The van der Waals surface area contributed by atoms with Gasteiger partial charge in [0.05, 0.1) is 10.8 Å². The summed E-state index contributed by atoms with van der Waals surface area (Å²) in [5.41, 5.74) is 7.02. The van der Waals surface area contributed by atoms with Crippen LogP contribution in [0.4, 0.5) is 0 Å². The number of benzene rings is 1. The Labute approximate surface area is 124 Å². The van der Waals surface area contributed by atoms with E-state index in [9.17, 15) is 8.42 Å². The molecule has 1 rings (SSSR count). The molecule has 1 aromatic carbocycles. The molecular weight excluding hydrogens is 302 g/mol. The highest BCUT2D eigenvalue weighted by Crippen LogP contribution is 2.28. The molecule has 0 amide bonds. The first kappa shape index (κ1) is 16.8. The molecule has 2 N–H and O–H groups in total. The van der Waals surface area contributed by atoms with Crippen LogP contribution in [0.5, 0.6) is 0 Å². The third kappa shape index (κ3) is 6.65. The Kier molecular flexibility index (Phi) is 6.66. The van der Waals surface area contributed by atoms with Crippen molar-refractivity contribution in [2.45, 2.75) is 30.7 Å². The van der Waals surface area contributed by atoms with Gasteiger partial charge in [-0.25, -0.2) is 8.42 Å². The van der Waals surface area contributed by atoms with Crippen molar-refractivity contribution in [1.82, 2.24) is 0 Å². The fraction of sp³-hybridized carbons (Fsp3) is 0.538. The van der Waals surface area contributed by atoms with Gasteiger partial charge in [0.25, 0.3) is 0 Å². The molecule has 0 saturated carbocycles. The molecule has 0 aromatic heterocycles. The van der Waals surface area contributed by atoms with Crippen molar-refractivity contribution in [1.29, 1.82) is 0 Å². The van der Waals surface area contributed by atoms with Crippen LogP contribution in [-0.4, -0.2) is 32.2 Å². The molecule has 0 aliphatic rings. The molecule has 3 nitrogen and oxygen atoms in total. The normalized spacial score (nSPS) is 13.5. The minimum atomic E-state index is -2.92. The van der Waals surface area contributed by atoms with Gasteiger partial charge in [-0.3, -0.25) is 0 Å². The first-order valence-corrected chi connectivity index (χ1v) is 9.58. The molecule has 0 radical (unpaired) electrons. The minimum Gasteiger partial charge on any atom is -0.327 e. The lowest BCUT2D eigenvalue weighted by Gasteiger charge is -2.10. The Hall–Kier alpha value is -0.230. The van der Waals surface area contributed by atoms with Crippen LogP contribution in [0.3, 0.4) is 0 Å². The van der Waals surface area contributed by atoms with Crippen LogP contribution >= 0.6 is 23.4 Å². The highest BCUT2D eigenvalue weighted by Gasteiger charge is 2.07. The van der Waals surface area contributed by atoms with Gasteiger partial charge < -0.3 is 5.73 Å². The first-order valence-electron chi connectivity index (χ1n) is 6.16. The lowest BCUT2D eigenvalue weighted by Crippen LogP contribution is -2.21. The molecular formula is C13H20ClNO2S2.